The van der Waals surface area contributed by atoms with Gasteiger partial charge >= 0.3 is 41.8 Å². The molecule has 0 aliphatic rings. The smallest absolute Gasteiger partial charge is 0.214 e. The molecule has 1 unspecified atom stereocenters. The second-order valence-corrected chi connectivity index (χ2v) is 18.7. The van der Waals surface area contributed by atoms with E-state index in [2.05, 4.69) is 0 Å². The maximum atomic E-state index is 14.1. The summed E-state index contributed by atoms with van der Waals surface area (Å²) in [6, 6.07) is 27.4. The summed E-state index contributed by atoms with van der Waals surface area (Å²) in [6.07, 6.45) is -21.3. The maximum absolute atomic E-state index is 14.1. The van der Waals surface area contributed by atoms with Gasteiger partial charge in [-0.2, -0.15) is 88.6 Å². The summed E-state index contributed by atoms with van der Waals surface area (Å²) in [5.74, 6) is 0. The van der Waals surface area contributed by atoms with Crippen LogP contribution in [0.2, 0.25) is 0 Å². The summed E-state index contributed by atoms with van der Waals surface area (Å²) < 4.78 is 170. The molecule has 0 radical (unpaired) electrons. The zero-order valence-electron chi connectivity index (χ0n) is 31.9. The number of halogens is 12. The van der Waals surface area contributed by atoms with Crippen LogP contribution in [0.15, 0.2) is 121 Å². The van der Waals surface area contributed by atoms with Gasteiger partial charge < -0.3 is 0 Å². The predicted octanol–water partition coefficient (Wildman–Crippen LogP) is 13.1. The Morgan fingerprint density at radius 2 is 0.797 bits per heavy atom. The van der Waals surface area contributed by atoms with Gasteiger partial charge in [-0.05, 0) is 107 Å². The average molecular weight is 911 g/mol. The summed E-state index contributed by atoms with van der Waals surface area (Å²) in [5, 5.41) is 0.369. The van der Waals surface area contributed by atoms with Crippen LogP contribution < -0.4 is 26.5 Å². The normalized spacial score (nSPS) is 12.9. The fourth-order valence-corrected chi connectivity index (χ4v) is 12.6. The van der Waals surface area contributed by atoms with E-state index in [4.69, 9.17) is 0 Å². The van der Waals surface area contributed by atoms with Gasteiger partial charge in [-0.25, -0.2) is 18.2 Å². The van der Waals surface area contributed by atoms with Crippen molar-refractivity contribution in [1.82, 2.24) is 0 Å². The van der Waals surface area contributed by atoms with Crippen LogP contribution in [0.3, 0.4) is 0 Å². The van der Waals surface area contributed by atoms with Gasteiger partial charge in [0.2, 0.25) is 0 Å². The molecule has 0 heterocycles. The van der Waals surface area contributed by atoms with Crippen molar-refractivity contribution >= 4 is 42.4 Å². The van der Waals surface area contributed by atoms with Gasteiger partial charge in [-0.3, -0.25) is 0 Å². The topological polar surface area (TPSA) is 0 Å². The van der Waals surface area contributed by atoms with Crippen LogP contribution in [0.1, 0.15) is 62.7 Å². The van der Waals surface area contributed by atoms with Gasteiger partial charge in [-0.15, -0.1) is 5.30 Å². The molecule has 0 aromatic heterocycles. The Labute approximate surface area is 347 Å². The van der Waals surface area contributed by atoms with Crippen molar-refractivity contribution in [2.45, 2.75) is 65.0 Å². The molecule has 0 bridgehead atoms. The molecule has 6 rings (SSSR count). The molecule has 1 atom stereocenters. The molecule has 0 aliphatic heterocycles. The van der Waals surface area contributed by atoms with Gasteiger partial charge in [0, 0.05) is 0 Å². The Bertz CT molecular complexity index is 2080. The predicted molar refractivity (Wildman–Crippen MR) is 209 cm³/mol. The van der Waals surface area contributed by atoms with Crippen LogP contribution in [-0.2, 0) is 41.8 Å². The number of benzene rings is 4. The molecular formula is C44H36F12FeP2. The first-order chi connectivity index (χ1) is 26.8. The van der Waals surface area contributed by atoms with Crippen LogP contribution in [0.25, 0.3) is 0 Å². The SMILES string of the molecule is Cc1cc(C)cc(P(c2cc(C)cc(C)c2)C(C)c2cc[cH-]c2P(c2cc(C(F)(F)F)cc(C(F)(F)F)c2)c2cc(C(F)(F)F)cc(C(F)(F)F)c2)c1.[Fe+2].c1cc[cH-]c1. The second kappa shape index (κ2) is 18.4. The van der Waals surface area contributed by atoms with Crippen molar-refractivity contribution in [3.05, 3.63) is 171 Å². The van der Waals surface area contributed by atoms with Crippen LogP contribution in [0.5, 0.6) is 0 Å². The first kappa shape index (κ1) is 47.8. The van der Waals surface area contributed by atoms with E-state index in [0.717, 1.165) is 32.9 Å². The zero-order valence-corrected chi connectivity index (χ0v) is 34.8. The van der Waals surface area contributed by atoms with Crippen LogP contribution in [-0.4, -0.2) is 0 Å². The summed E-state index contributed by atoms with van der Waals surface area (Å²) >= 11 is 0. The fraction of sp³-hybridized carbons (Fsp3) is 0.227. The fourth-order valence-electron chi connectivity index (χ4n) is 6.78. The number of hydrogen-bond acceptors (Lipinski definition) is 0. The van der Waals surface area contributed by atoms with Crippen LogP contribution in [0, 0.1) is 27.7 Å². The molecule has 0 saturated carbocycles. The first-order valence-corrected chi connectivity index (χ1v) is 20.4. The largest absolute Gasteiger partial charge is 2.00 e. The van der Waals surface area contributed by atoms with Gasteiger partial charge in [-0.1, -0.05) is 65.6 Å². The molecule has 0 saturated heterocycles. The van der Waals surface area contributed by atoms with Gasteiger partial charge in [0.05, 0.1) is 22.3 Å². The third kappa shape index (κ3) is 11.9. The maximum Gasteiger partial charge on any atom is 2.00 e. The molecule has 0 amide bonds. The molecular weight excluding hydrogens is 874 g/mol. The molecule has 0 spiro atoms. The van der Waals surface area contributed by atoms with Crippen LogP contribution >= 0.6 is 15.8 Å². The van der Waals surface area contributed by atoms with Crippen molar-refractivity contribution in [1.29, 1.82) is 0 Å². The first-order valence-electron chi connectivity index (χ1n) is 17.6. The summed E-state index contributed by atoms with van der Waals surface area (Å²) in [4.78, 5) is 0. The Kier molecular flexibility index (Phi) is 14.9. The molecule has 6 aromatic carbocycles. The van der Waals surface area contributed by atoms with Crippen molar-refractivity contribution in [3.63, 3.8) is 0 Å². The summed E-state index contributed by atoms with van der Waals surface area (Å²) in [7, 11) is -4.31. The number of hydrogen-bond donors (Lipinski definition) is 0. The van der Waals surface area contributed by atoms with E-state index in [1.807, 2.05) is 94.4 Å². The Morgan fingerprint density at radius 3 is 1.08 bits per heavy atom. The molecule has 6 aromatic rings. The third-order valence-corrected chi connectivity index (χ3v) is 14.2. The molecule has 0 N–H and O–H groups in total. The van der Waals surface area contributed by atoms with Crippen LogP contribution in [0.4, 0.5) is 52.7 Å². The zero-order chi connectivity index (χ0) is 43.0. The van der Waals surface area contributed by atoms with E-state index >= 15 is 0 Å². The third-order valence-electron chi connectivity index (χ3n) is 9.09. The van der Waals surface area contributed by atoms with E-state index < -0.39 is 79.1 Å². The molecule has 15 heteroatoms. The Hall–Kier alpha value is -3.88. The standard InChI is InChI=1S/C39H31F12P2.C5H5.Fe/c1-21-9-22(2)12-30(11-21)52(31-13-23(3)10-24(4)14-31)25(5)34-7-6-8-35(34)53(32-17-26(36(40,41)42)15-27(18-32)37(43,44)45)33-19-28(38(46,47)48)16-29(20-33)39(49,50)51;1-2-4-5-3-1;/h6-20,25H,1-5H3;1-5H;/q2*-1;+2. The van der Waals surface area contributed by atoms with Gasteiger partial charge in [0.25, 0.3) is 0 Å². The summed E-state index contributed by atoms with van der Waals surface area (Å²) in [6.45, 7) is 9.36. The van der Waals surface area contributed by atoms with Crippen molar-refractivity contribution in [3.8, 4) is 0 Å². The van der Waals surface area contributed by atoms with E-state index in [9.17, 15) is 52.7 Å². The van der Waals surface area contributed by atoms with E-state index in [1.54, 1.807) is 13.0 Å². The van der Waals surface area contributed by atoms with E-state index in [-0.39, 0.29) is 34.5 Å². The van der Waals surface area contributed by atoms with Gasteiger partial charge in [0.15, 0.2) is 0 Å². The number of alkyl halides is 12. The minimum atomic E-state index is -5.33. The van der Waals surface area contributed by atoms with Crippen molar-refractivity contribution in [2.24, 2.45) is 0 Å². The number of rotatable bonds is 7. The molecule has 0 fully saturated rings. The van der Waals surface area contributed by atoms with Gasteiger partial charge in [0.1, 0.15) is 0 Å². The minimum absolute atomic E-state index is 0. The Balaban J connectivity index is 0.00000119. The molecule has 0 aliphatic carbocycles. The second-order valence-electron chi connectivity index (χ2n) is 13.9. The number of aryl methyl sites for hydroxylation is 4. The van der Waals surface area contributed by atoms with E-state index in [1.165, 1.54) is 12.1 Å². The average Bonchev–Trinajstić information content (AvgIpc) is 3.83. The Morgan fingerprint density at radius 1 is 0.458 bits per heavy atom. The molecule has 59 heavy (non-hydrogen) atoms. The monoisotopic (exact) mass is 910 g/mol. The van der Waals surface area contributed by atoms with E-state index in [0.29, 0.717) is 29.8 Å². The summed E-state index contributed by atoms with van der Waals surface area (Å²) in [5.41, 5.74) is -3.50. The molecule has 314 valence electrons. The van der Waals surface area contributed by atoms with Crippen molar-refractivity contribution < 1.29 is 69.8 Å². The van der Waals surface area contributed by atoms with Crippen molar-refractivity contribution in [2.75, 3.05) is 0 Å². The molecule has 0 nitrogen and oxygen atoms in total. The quantitative estimate of drug-likeness (QED) is 0.0648. The minimum Gasteiger partial charge on any atom is -0.214 e.